The van der Waals surface area contributed by atoms with Gasteiger partial charge in [-0.3, -0.25) is 9.59 Å². The molecule has 0 bridgehead atoms. The summed E-state index contributed by atoms with van der Waals surface area (Å²) in [4.78, 5) is 36.9. The Morgan fingerprint density at radius 3 is 2.45 bits per heavy atom. The van der Waals surface area contributed by atoms with Gasteiger partial charge in [0.05, 0.1) is 17.0 Å². The number of thiazole rings is 1. The van der Waals surface area contributed by atoms with E-state index in [2.05, 4.69) is 54.5 Å². The van der Waals surface area contributed by atoms with Gasteiger partial charge in [-0.05, 0) is 56.8 Å². The molecule has 0 aromatic carbocycles. The van der Waals surface area contributed by atoms with Crippen LogP contribution in [0.4, 0.5) is 27.8 Å². The average molecular weight is 662 g/mol. The molecule has 2 aromatic rings. The third-order valence-electron chi connectivity index (χ3n) is 8.68. The van der Waals surface area contributed by atoms with Crippen LogP contribution in [0.3, 0.4) is 0 Å². The van der Waals surface area contributed by atoms with Gasteiger partial charge in [0.2, 0.25) is 0 Å². The number of alkyl halides is 5. The minimum atomic E-state index is -4.61. The van der Waals surface area contributed by atoms with E-state index in [1.807, 2.05) is 6.92 Å². The number of nitrogens with zero attached hydrogens (tertiary/aromatic N) is 3. The third kappa shape index (κ3) is 7.41. The van der Waals surface area contributed by atoms with Crippen LogP contribution in [0.1, 0.15) is 92.6 Å². The number of carbonyl (C=O) groups excluding carboxylic acids is 2. The molecule has 2 aromatic heterocycles. The summed E-state index contributed by atoms with van der Waals surface area (Å²) in [7, 11) is -2.07. The molecule has 1 saturated carbocycles. The topological polar surface area (TPSA) is 96.4 Å². The van der Waals surface area contributed by atoms with Gasteiger partial charge in [0.1, 0.15) is 17.6 Å². The normalized spacial score (nSPS) is 21.5. The van der Waals surface area contributed by atoms with Gasteiger partial charge in [-0.25, -0.2) is 18.7 Å². The number of likely N-dealkylation sites (tertiary alicyclic amines) is 1. The highest BCUT2D eigenvalue weighted by Gasteiger charge is 2.48. The number of anilines is 1. The summed E-state index contributed by atoms with van der Waals surface area (Å²) in [6.45, 7) is 14.2. The van der Waals surface area contributed by atoms with E-state index in [-0.39, 0.29) is 56.6 Å². The molecule has 1 aliphatic heterocycles. The zero-order chi connectivity index (χ0) is 32.8. The molecule has 8 nitrogen and oxygen atoms in total. The lowest BCUT2D eigenvalue weighted by Crippen LogP contribution is -2.42. The van der Waals surface area contributed by atoms with Crippen molar-refractivity contribution in [2.45, 2.75) is 115 Å². The molecule has 0 radical (unpaired) electrons. The van der Waals surface area contributed by atoms with Crippen molar-refractivity contribution in [1.82, 2.24) is 20.2 Å². The highest BCUT2D eigenvalue weighted by atomic mass is 32.1. The summed E-state index contributed by atoms with van der Waals surface area (Å²) in [5.74, 6) is -1.44. The van der Waals surface area contributed by atoms with E-state index >= 15 is 0 Å². The number of aromatic nitrogens is 2. The highest BCUT2D eigenvalue weighted by Crippen LogP contribution is 2.42. The van der Waals surface area contributed by atoms with Crippen molar-refractivity contribution in [1.29, 1.82) is 0 Å². The van der Waals surface area contributed by atoms with E-state index in [1.165, 1.54) is 6.92 Å². The van der Waals surface area contributed by atoms with E-state index in [0.717, 1.165) is 36.4 Å². The quantitative estimate of drug-likeness (QED) is 0.203. The van der Waals surface area contributed by atoms with Crippen LogP contribution >= 0.6 is 11.3 Å². The van der Waals surface area contributed by atoms with Crippen molar-refractivity contribution < 1.29 is 36.0 Å². The Morgan fingerprint density at radius 2 is 1.91 bits per heavy atom. The first-order valence-corrected chi connectivity index (χ1v) is 18.5. The standard InChI is InChI=1S/C29H40F5N5O3SSi/c1-8-20(29(32,33)34)37-21-12-16(24(30)31)17(14-35-21)23-22(27(41)39-11-9-10-15(39)2)38-26(43-23)25(40)36-18-13-19(18)42-44(6,7)28(3,4)5/h12,14-15,18-20,24H,8-11,13H2,1-7H3,(H,35,37)(H,36,40)/t15-,18-,19-,20?/m0/s1. The first kappa shape index (κ1) is 34.2. The number of carbonyl (C=O) groups is 2. The Balaban J connectivity index is 1.66. The smallest absolute Gasteiger partial charge is 0.408 e. The lowest BCUT2D eigenvalue weighted by Gasteiger charge is -2.36. The number of pyridine rings is 1. The van der Waals surface area contributed by atoms with Gasteiger partial charge in [0, 0.05) is 29.9 Å². The third-order valence-corrected chi connectivity index (χ3v) is 14.3. The molecule has 1 aliphatic carbocycles. The van der Waals surface area contributed by atoms with E-state index < -0.39 is 44.3 Å². The summed E-state index contributed by atoms with van der Waals surface area (Å²) in [5, 5.41) is 4.98. The molecule has 4 atom stereocenters. The SMILES string of the molecule is CCC(Nc1cc(C(F)F)c(-c2sc(C(=O)N[C@H]3C[C@@H]3O[Si](C)(C)C(C)(C)C)nc2C(=O)N2CCC[C@@H]2C)cn1)C(F)(F)F. The molecule has 2 N–H and O–H groups in total. The van der Waals surface area contributed by atoms with Gasteiger partial charge >= 0.3 is 6.18 Å². The fraction of sp³-hybridized carbons (Fsp3) is 0.655. The lowest BCUT2D eigenvalue weighted by molar-refractivity contribution is -0.142. The summed E-state index contributed by atoms with van der Waals surface area (Å²) in [6, 6.07) is -1.48. The number of nitrogens with one attached hydrogen (secondary N) is 2. The largest absolute Gasteiger partial charge is 0.412 e. The van der Waals surface area contributed by atoms with E-state index in [9.17, 15) is 31.5 Å². The van der Waals surface area contributed by atoms with Gasteiger partial charge in [0.25, 0.3) is 18.2 Å². The Kier molecular flexibility index (Phi) is 9.82. The van der Waals surface area contributed by atoms with Crippen LogP contribution in [0.15, 0.2) is 12.3 Å². The Morgan fingerprint density at radius 1 is 1.23 bits per heavy atom. The second-order valence-corrected chi connectivity index (χ2v) is 18.8. The van der Waals surface area contributed by atoms with Crippen LogP contribution in [-0.2, 0) is 4.43 Å². The second kappa shape index (κ2) is 12.6. The van der Waals surface area contributed by atoms with Gasteiger partial charge in [0.15, 0.2) is 13.3 Å². The number of rotatable bonds is 10. The lowest BCUT2D eigenvalue weighted by atomic mass is 10.1. The molecule has 44 heavy (non-hydrogen) atoms. The first-order chi connectivity index (χ1) is 20.3. The predicted molar refractivity (Wildman–Crippen MR) is 162 cm³/mol. The van der Waals surface area contributed by atoms with Crippen LogP contribution in [-0.4, -0.2) is 72.0 Å². The maximum absolute atomic E-state index is 14.4. The monoisotopic (exact) mass is 661 g/mol. The molecule has 4 rings (SSSR count). The zero-order valence-corrected chi connectivity index (χ0v) is 27.8. The molecular weight excluding hydrogens is 621 g/mol. The zero-order valence-electron chi connectivity index (χ0n) is 25.9. The minimum Gasteiger partial charge on any atom is -0.412 e. The number of hydrogen-bond donors (Lipinski definition) is 2. The summed E-state index contributed by atoms with van der Waals surface area (Å²) >= 11 is 0.781. The number of hydrogen-bond acceptors (Lipinski definition) is 7. The molecule has 244 valence electrons. The van der Waals surface area contributed by atoms with Crippen molar-refractivity contribution in [2.24, 2.45) is 0 Å². The van der Waals surface area contributed by atoms with Gasteiger partial charge in [-0.2, -0.15) is 13.2 Å². The van der Waals surface area contributed by atoms with E-state index in [4.69, 9.17) is 4.43 Å². The van der Waals surface area contributed by atoms with Crippen molar-refractivity contribution in [3.8, 4) is 10.4 Å². The van der Waals surface area contributed by atoms with E-state index in [0.29, 0.717) is 13.0 Å². The van der Waals surface area contributed by atoms with E-state index in [1.54, 1.807) is 4.90 Å². The van der Waals surface area contributed by atoms with Gasteiger partial charge in [-0.1, -0.05) is 27.7 Å². The summed E-state index contributed by atoms with van der Waals surface area (Å²) < 4.78 is 75.1. The second-order valence-electron chi connectivity index (χ2n) is 13.0. The van der Waals surface area contributed by atoms with Crippen molar-refractivity contribution in [3.05, 3.63) is 28.5 Å². The van der Waals surface area contributed by atoms with Crippen LogP contribution in [0.25, 0.3) is 10.4 Å². The molecule has 1 unspecified atom stereocenters. The maximum atomic E-state index is 14.4. The molecule has 3 heterocycles. The molecular formula is C29H40F5N5O3SSi. The Labute approximate surface area is 259 Å². The Bertz CT molecular complexity index is 1380. The number of amides is 2. The van der Waals surface area contributed by atoms with Gasteiger partial charge in [-0.15, -0.1) is 11.3 Å². The molecule has 2 fully saturated rings. The Hall–Kier alpha value is -2.65. The minimum absolute atomic E-state index is 0.0119. The molecule has 2 aliphatic rings. The van der Waals surface area contributed by atoms with Crippen LogP contribution in [0.5, 0.6) is 0 Å². The van der Waals surface area contributed by atoms with Crippen molar-refractivity contribution in [2.75, 3.05) is 11.9 Å². The van der Waals surface area contributed by atoms with Crippen molar-refractivity contribution in [3.63, 3.8) is 0 Å². The van der Waals surface area contributed by atoms with Crippen LogP contribution in [0.2, 0.25) is 18.1 Å². The summed E-state index contributed by atoms with van der Waals surface area (Å²) in [6.07, 6.45) is -5.04. The molecule has 1 saturated heterocycles. The highest BCUT2D eigenvalue weighted by molar-refractivity contribution is 7.17. The van der Waals surface area contributed by atoms with Crippen LogP contribution < -0.4 is 10.6 Å². The first-order valence-electron chi connectivity index (χ1n) is 14.8. The average Bonchev–Trinajstić information content (AvgIpc) is 3.28. The fourth-order valence-electron chi connectivity index (χ4n) is 4.87. The van der Waals surface area contributed by atoms with Crippen molar-refractivity contribution >= 4 is 37.3 Å². The molecule has 0 spiro atoms. The predicted octanol–water partition coefficient (Wildman–Crippen LogP) is 7.41. The molecule has 15 heteroatoms. The number of halogens is 5. The fourth-order valence-corrected chi connectivity index (χ4v) is 7.23. The summed E-state index contributed by atoms with van der Waals surface area (Å²) in [5.41, 5.74) is -0.948. The van der Waals surface area contributed by atoms with Gasteiger partial charge < -0.3 is 20.0 Å². The molecule has 2 amide bonds. The maximum Gasteiger partial charge on any atom is 0.408 e. The van der Waals surface area contributed by atoms with Crippen LogP contribution in [0, 0.1) is 0 Å².